The van der Waals surface area contributed by atoms with Crippen molar-refractivity contribution in [2.75, 3.05) is 13.2 Å². The largest absolute Gasteiger partial charge is 0.476 e. The topological polar surface area (TPSA) is 79.9 Å². The zero-order valence-corrected chi connectivity index (χ0v) is 7.66. The van der Waals surface area contributed by atoms with E-state index >= 15 is 0 Å². The second kappa shape index (κ2) is 4.71. The number of hydrogen-bond acceptors (Lipinski definition) is 5. The van der Waals surface area contributed by atoms with Crippen molar-refractivity contribution in [1.29, 1.82) is 0 Å². The van der Waals surface area contributed by atoms with Gasteiger partial charge < -0.3 is 10.5 Å². The maximum atomic E-state index is 8.68. The second-order valence-corrected chi connectivity index (χ2v) is 3.08. The summed E-state index contributed by atoms with van der Waals surface area (Å²) < 4.78 is 5.30. The van der Waals surface area contributed by atoms with Crippen LogP contribution in [0.3, 0.4) is 0 Å². The first-order valence-corrected chi connectivity index (χ1v) is 4.27. The van der Waals surface area contributed by atoms with Crippen molar-refractivity contribution >= 4 is 5.90 Å². The van der Waals surface area contributed by atoms with Crippen LogP contribution in [0, 0.1) is 5.92 Å². The van der Waals surface area contributed by atoms with Crippen molar-refractivity contribution in [1.82, 2.24) is 5.48 Å². The minimum atomic E-state index is 0.314. The molecular formula is C8H15N3O2. The zero-order chi connectivity index (χ0) is 9.68. The molecule has 74 valence electrons. The molecule has 1 aliphatic rings. The van der Waals surface area contributed by atoms with Crippen LogP contribution >= 0.6 is 0 Å². The van der Waals surface area contributed by atoms with Crippen LogP contribution in [0.5, 0.6) is 0 Å². The Balaban J connectivity index is 2.67. The summed E-state index contributed by atoms with van der Waals surface area (Å²) in [7, 11) is 0. The highest BCUT2D eigenvalue weighted by Gasteiger charge is 2.13. The van der Waals surface area contributed by atoms with Crippen LogP contribution in [0.15, 0.2) is 16.9 Å². The van der Waals surface area contributed by atoms with Gasteiger partial charge in [0.25, 0.3) is 0 Å². The van der Waals surface area contributed by atoms with Crippen molar-refractivity contribution in [2.24, 2.45) is 16.6 Å². The highest BCUT2D eigenvalue weighted by molar-refractivity contribution is 5.92. The van der Waals surface area contributed by atoms with Crippen LogP contribution in [0.1, 0.15) is 13.3 Å². The predicted octanol–water partition coefficient (Wildman–Crippen LogP) is 0.220. The van der Waals surface area contributed by atoms with Crippen LogP contribution < -0.4 is 11.2 Å². The molecule has 0 saturated carbocycles. The number of nitrogens with one attached hydrogen (secondary N) is 1. The molecule has 0 aliphatic carbocycles. The van der Waals surface area contributed by atoms with Crippen molar-refractivity contribution in [3.63, 3.8) is 0 Å². The highest BCUT2D eigenvalue weighted by atomic mass is 16.5. The second-order valence-electron chi connectivity index (χ2n) is 3.08. The third kappa shape index (κ3) is 2.62. The minimum Gasteiger partial charge on any atom is -0.476 e. The Morgan fingerprint density at radius 2 is 2.62 bits per heavy atom. The van der Waals surface area contributed by atoms with Gasteiger partial charge in [0, 0.05) is 12.7 Å². The van der Waals surface area contributed by atoms with E-state index in [-0.39, 0.29) is 0 Å². The van der Waals surface area contributed by atoms with Gasteiger partial charge in [0.1, 0.15) is 5.70 Å². The Morgan fingerprint density at radius 1 is 1.85 bits per heavy atom. The summed E-state index contributed by atoms with van der Waals surface area (Å²) in [6.45, 7) is 3.42. The monoisotopic (exact) mass is 185 g/mol. The highest BCUT2D eigenvalue weighted by Crippen LogP contribution is 2.09. The molecule has 0 fully saturated rings. The quantitative estimate of drug-likeness (QED) is 0.538. The molecule has 0 saturated heterocycles. The number of aliphatic imine (C=N–C) groups is 1. The summed E-state index contributed by atoms with van der Waals surface area (Å²) in [4.78, 5) is 4.17. The lowest BCUT2D eigenvalue weighted by Gasteiger charge is -2.07. The summed E-state index contributed by atoms with van der Waals surface area (Å²) in [5.74, 6) is 0.893. The molecule has 1 unspecified atom stereocenters. The van der Waals surface area contributed by atoms with Crippen LogP contribution in [-0.2, 0) is 4.74 Å². The average molecular weight is 185 g/mol. The van der Waals surface area contributed by atoms with Gasteiger partial charge >= 0.3 is 0 Å². The van der Waals surface area contributed by atoms with Gasteiger partial charge in [-0.15, -0.1) is 0 Å². The van der Waals surface area contributed by atoms with Crippen LogP contribution in [-0.4, -0.2) is 24.3 Å². The molecule has 0 bridgehead atoms. The third-order valence-electron chi connectivity index (χ3n) is 1.91. The van der Waals surface area contributed by atoms with Crippen molar-refractivity contribution < 1.29 is 9.94 Å². The Kier molecular flexibility index (Phi) is 3.57. The van der Waals surface area contributed by atoms with Crippen molar-refractivity contribution in [2.45, 2.75) is 13.3 Å². The molecule has 0 aromatic rings. The number of hydroxylamine groups is 1. The van der Waals surface area contributed by atoms with E-state index in [1.807, 2.05) is 5.48 Å². The van der Waals surface area contributed by atoms with Gasteiger partial charge in [-0.3, -0.25) is 10.7 Å². The molecule has 13 heavy (non-hydrogen) atoms. The SMILES string of the molecule is CC1CCOC(/C(=C\N)NO)=NC1. The lowest BCUT2D eigenvalue weighted by Crippen LogP contribution is -2.20. The van der Waals surface area contributed by atoms with E-state index in [4.69, 9.17) is 15.7 Å². The first-order valence-electron chi connectivity index (χ1n) is 4.27. The first kappa shape index (κ1) is 9.85. The summed E-state index contributed by atoms with van der Waals surface area (Å²) in [6, 6.07) is 0. The van der Waals surface area contributed by atoms with Crippen molar-refractivity contribution in [3.05, 3.63) is 11.9 Å². The number of nitrogens with zero attached hydrogens (tertiary/aromatic N) is 1. The molecule has 0 aromatic heterocycles. The average Bonchev–Trinajstić information content (AvgIpc) is 2.34. The van der Waals surface area contributed by atoms with E-state index in [0.717, 1.165) is 6.42 Å². The molecule has 5 nitrogen and oxygen atoms in total. The normalized spacial score (nSPS) is 24.3. The maximum absolute atomic E-state index is 8.68. The van der Waals surface area contributed by atoms with E-state index in [9.17, 15) is 0 Å². The molecule has 4 N–H and O–H groups in total. The minimum absolute atomic E-state index is 0.314. The molecule has 5 heteroatoms. The Morgan fingerprint density at radius 3 is 3.23 bits per heavy atom. The molecule has 1 rings (SSSR count). The van der Waals surface area contributed by atoms with E-state index in [1.54, 1.807) is 0 Å². The number of hydrogen-bond donors (Lipinski definition) is 3. The number of rotatable bonds is 2. The number of ether oxygens (including phenoxy) is 1. The van der Waals surface area contributed by atoms with E-state index in [1.165, 1.54) is 6.20 Å². The predicted molar refractivity (Wildman–Crippen MR) is 49.2 cm³/mol. The fraction of sp³-hybridized carbons (Fsp3) is 0.625. The van der Waals surface area contributed by atoms with E-state index < -0.39 is 0 Å². The third-order valence-corrected chi connectivity index (χ3v) is 1.91. The Bertz CT molecular complexity index is 225. The Labute approximate surface area is 77.2 Å². The van der Waals surface area contributed by atoms with Gasteiger partial charge in [-0.1, -0.05) is 6.92 Å². The standard InChI is InChI=1S/C8H15N3O2/c1-6-2-3-13-8(10-5-6)7(4-9)11-12/h4,6,11-12H,2-3,5,9H2,1H3/b7-4+. The summed E-state index contributed by atoms with van der Waals surface area (Å²) >= 11 is 0. The first-order chi connectivity index (χ1) is 6.27. The number of nitrogens with two attached hydrogens (primary N) is 1. The van der Waals surface area contributed by atoms with E-state index in [2.05, 4.69) is 11.9 Å². The smallest absolute Gasteiger partial charge is 0.236 e. The van der Waals surface area contributed by atoms with Crippen LogP contribution in [0.4, 0.5) is 0 Å². The van der Waals surface area contributed by atoms with Crippen molar-refractivity contribution in [3.8, 4) is 0 Å². The summed E-state index contributed by atoms with van der Waals surface area (Å²) in [6.07, 6.45) is 2.20. The lowest BCUT2D eigenvalue weighted by molar-refractivity contribution is 0.198. The summed E-state index contributed by atoms with van der Waals surface area (Å²) in [5.41, 5.74) is 7.51. The fourth-order valence-electron chi connectivity index (χ4n) is 1.05. The van der Waals surface area contributed by atoms with E-state index in [0.29, 0.717) is 30.7 Å². The Hall–Kier alpha value is -1.23. The molecule has 1 aliphatic heterocycles. The fourth-order valence-corrected chi connectivity index (χ4v) is 1.05. The van der Waals surface area contributed by atoms with Gasteiger partial charge in [-0.2, -0.15) is 0 Å². The van der Waals surface area contributed by atoms with Crippen LogP contribution in [0.25, 0.3) is 0 Å². The van der Waals surface area contributed by atoms with Gasteiger partial charge in [-0.05, 0) is 12.3 Å². The van der Waals surface area contributed by atoms with Gasteiger partial charge in [0.05, 0.1) is 6.61 Å². The maximum Gasteiger partial charge on any atom is 0.236 e. The zero-order valence-electron chi connectivity index (χ0n) is 7.66. The van der Waals surface area contributed by atoms with Crippen LogP contribution in [0.2, 0.25) is 0 Å². The lowest BCUT2D eigenvalue weighted by atomic mass is 10.1. The molecule has 1 atom stereocenters. The summed E-state index contributed by atoms with van der Waals surface area (Å²) in [5, 5.41) is 8.68. The van der Waals surface area contributed by atoms with Gasteiger partial charge in [0.15, 0.2) is 0 Å². The molecule has 1 heterocycles. The van der Waals surface area contributed by atoms with Gasteiger partial charge in [-0.25, -0.2) is 4.99 Å². The molecule has 0 radical (unpaired) electrons. The molecule has 0 amide bonds. The molecule has 0 aromatic carbocycles. The molecule has 0 spiro atoms. The molecular weight excluding hydrogens is 170 g/mol. The van der Waals surface area contributed by atoms with Gasteiger partial charge in [0.2, 0.25) is 5.90 Å².